The second-order valence-electron chi connectivity index (χ2n) is 5.58. The van der Waals surface area contributed by atoms with Crippen molar-refractivity contribution in [3.8, 4) is 5.69 Å². The van der Waals surface area contributed by atoms with Gasteiger partial charge in [0.25, 0.3) is 5.91 Å². The Morgan fingerprint density at radius 3 is 2.68 bits per heavy atom. The Bertz CT molecular complexity index is 915. The molecule has 2 heterocycles. The van der Waals surface area contributed by atoms with Crippen molar-refractivity contribution in [2.24, 2.45) is 5.10 Å². The first-order valence-corrected chi connectivity index (χ1v) is 7.74. The zero-order chi connectivity index (χ0) is 17.8. The molecule has 3 aromatic rings. The van der Waals surface area contributed by atoms with Crippen LogP contribution in [0.2, 0.25) is 0 Å². The fraction of sp³-hybridized carbons (Fsp3) is 0.105. The number of pyridine rings is 1. The van der Waals surface area contributed by atoms with Crippen molar-refractivity contribution in [2.75, 3.05) is 0 Å². The standard InChI is InChI=1S/C19H17FN4O/c1-13-10-16(12-22-23-19(25)15-4-3-9-21-11-15)14(2)24(13)18-7-5-17(20)6-8-18/h3-12H,1-2H3,(H,23,25)/b22-12-. The highest BCUT2D eigenvalue weighted by Crippen LogP contribution is 2.20. The average Bonchev–Trinajstić information content (AvgIpc) is 2.90. The minimum absolute atomic E-state index is 0.272. The normalized spacial score (nSPS) is 11.0. The predicted molar refractivity (Wildman–Crippen MR) is 94.5 cm³/mol. The molecule has 6 heteroatoms. The molecule has 0 fully saturated rings. The molecule has 0 unspecified atom stereocenters. The number of nitrogens with one attached hydrogen (secondary N) is 1. The van der Waals surface area contributed by atoms with Crippen LogP contribution in [0.25, 0.3) is 5.69 Å². The van der Waals surface area contributed by atoms with Crippen LogP contribution in [0.5, 0.6) is 0 Å². The first-order valence-electron chi connectivity index (χ1n) is 7.74. The Balaban J connectivity index is 1.79. The number of hydrogen-bond acceptors (Lipinski definition) is 3. The fourth-order valence-electron chi connectivity index (χ4n) is 2.63. The largest absolute Gasteiger partial charge is 0.318 e. The highest BCUT2D eigenvalue weighted by Gasteiger charge is 2.10. The molecule has 0 aliphatic rings. The lowest BCUT2D eigenvalue weighted by Crippen LogP contribution is -2.17. The third-order valence-electron chi connectivity index (χ3n) is 3.85. The number of aromatic nitrogens is 2. The molecule has 0 bridgehead atoms. The molecule has 0 atom stereocenters. The van der Waals surface area contributed by atoms with E-state index in [1.54, 1.807) is 36.7 Å². The molecule has 0 aliphatic heterocycles. The van der Waals surface area contributed by atoms with Gasteiger partial charge in [-0.05, 0) is 56.3 Å². The molecule has 3 rings (SSSR count). The lowest BCUT2D eigenvalue weighted by Gasteiger charge is -2.09. The van der Waals surface area contributed by atoms with Gasteiger partial charge in [0.2, 0.25) is 0 Å². The first-order chi connectivity index (χ1) is 12.1. The summed E-state index contributed by atoms with van der Waals surface area (Å²) in [5, 5.41) is 4.02. The van der Waals surface area contributed by atoms with Crippen molar-refractivity contribution in [3.05, 3.63) is 83.2 Å². The lowest BCUT2D eigenvalue weighted by atomic mass is 10.2. The molecule has 1 amide bonds. The summed E-state index contributed by atoms with van der Waals surface area (Å²) in [5.41, 5.74) is 6.60. The monoisotopic (exact) mass is 336 g/mol. The van der Waals surface area contributed by atoms with Crippen LogP contribution in [-0.4, -0.2) is 21.7 Å². The lowest BCUT2D eigenvalue weighted by molar-refractivity contribution is 0.0955. The Labute approximate surface area is 144 Å². The quantitative estimate of drug-likeness (QED) is 0.586. The maximum absolute atomic E-state index is 13.1. The zero-order valence-corrected chi connectivity index (χ0v) is 13.9. The minimum Gasteiger partial charge on any atom is -0.318 e. The smallest absolute Gasteiger partial charge is 0.272 e. The van der Waals surface area contributed by atoms with E-state index in [1.807, 2.05) is 24.5 Å². The Morgan fingerprint density at radius 2 is 2.00 bits per heavy atom. The van der Waals surface area contributed by atoms with Crippen LogP contribution < -0.4 is 5.43 Å². The van der Waals surface area contributed by atoms with Crippen LogP contribution in [-0.2, 0) is 0 Å². The number of nitrogens with zero attached hydrogens (tertiary/aromatic N) is 3. The molecule has 0 saturated carbocycles. The highest BCUT2D eigenvalue weighted by atomic mass is 19.1. The van der Waals surface area contributed by atoms with Crippen LogP contribution in [0.15, 0.2) is 60.0 Å². The van der Waals surface area contributed by atoms with Crippen LogP contribution in [0.3, 0.4) is 0 Å². The summed E-state index contributed by atoms with van der Waals surface area (Å²) < 4.78 is 15.1. The van der Waals surface area contributed by atoms with Gasteiger partial charge in [-0.15, -0.1) is 0 Å². The maximum atomic E-state index is 13.1. The van der Waals surface area contributed by atoms with E-state index in [1.165, 1.54) is 18.3 Å². The number of halogens is 1. The van der Waals surface area contributed by atoms with Crippen molar-refractivity contribution in [1.82, 2.24) is 15.0 Å². The molecule has 1 N–H and O–H groups in total. The van der Waals surface area contributed by atoms with Gasteiger partial charge in [-0.2, -0.15) is 5.10 Å². The number of carbonyl (C=O) groups excluding carboxylic acids is 1. The van der Waals surface area contributed by atoms with E-state index in [4.69, 9.17) is 0 Å². The Morgan fingerprint density at radius 1 is 1.24 bits per heavy atom. The van der Waals surface area contributed by atoms with Gasteiger partial charge in [0.15, 0.2) is 0 Å². The minimum atomic E-state index is -0.323. The fourth-order valence-corrected chi connectivity index (χ4v) is 2.63. The van der Waals surface area contributed by atoms with Gasteiger partial charge in [-0.3, -0.25) is 9.78 Å². The highest BCUT2D eigenvalue weighted by molar-refractivity contribution is 5.94. The summed E-state index contributed by atoms with van der Waals surface area (Å²) in [5.74, 6) is -0.595. The van der Waals surface area contributed by atoms with Crippen LogP contribution >= 0.6 is 0 Å². The van der Waals surface area contributed by atoms with Crippen molar-refractivity contribution in [2.45, 2.75) is 13.8 Å². The summed E-state index contributed by atoms with van der Waals surface area (Å²) in [4.78, 5) is 15.8. The molecule has 1 aromatic carbocycles. The summed E-state index contributed by atoms with van der Waals surface area (Å²) in [7, 11) is 0. The average molecular weight is 336 g/mol. The van der Waals surface area contributed by atoms with E-state index in [0.717, 1.165) is 22.6 Å². The molecule has 0 spiro atoms. The summed E-state index contributed by atoms with van der Waals surface area (Å²) in [6, 6.07) is 11.6. The van der Waals surface area contributed by atoms with Crippen molar-refractivity contribution < 1.29 is 9.18 Å². The molecule has 5 nitrogen and oxygen atoms in total. The summed E-state index contributed by atoms with van der Waals surface area (Å²) in [6.45, 7) is 3.91. The van der Waals surface area contributed by atoms with Crippen molar-refractivity contribution in [1.29, 1.82) is 0 Å². The predicted octanol–water partition coefficient (Wildman–Crippen LogP) is 3.39. The van der Waals surface area contributed by atoms with Crippen molar-refractivity contribution in [3.63, 3.8) is 0 Å². The number of aryl methyl sites for hydroxylation is 1. The van der Waals surface area contributed by atoms with E-state index in [2.05, 4.69) is 15.5 Å². The van der Waals surface area contributed by atoms with Crippen LogP contribution in [0, 0.1) is 19.7 Å². The molecular weight excluding hydrogens is 319 g/mol. The number of carbonyl (C=O) groups is 1. The molecule has 126 valence electrons. The summed E-state index contributed by atoms with van der Waals surface area (Å²) >= 11 is 0. The molecule has 25 heavy (non-hydrogen) atoms. The molecule has 2 aromatic heterocycles. The molecule has 0 radical (unpaired) electrons. The van der Waals surface area contributed by atoms with Crippen LogP contribution in [0.1, 0.15) is 27.3 Å². The number of amides is 1. The second-order valence-corrected chi connectivity index (χ2v) is 5.58. The van der Waals surface area contributed by atoms with E-state index in [-0.39, 0.29) is 11.7 Å². The second kappa shape index (κ2) is 7.09. The van der Waals surface area contributed by atoms with E-state index >= 15 is 0 Å². The van der Waals surface area contributed by atoms with Crippen LogP contribution in [0.4, 0.5) is 4.39 Å². The van der Waals surface area contributed by atoms with E-state index in [9.17, 15) is 9.18 Å². The van der Waals surface area contributed by atoms with E-state index in [0.29, 0.717) is 5.56 Å². The van der Waals surface area contributed by atoms with Crippen molar-refractivity contribution >= 4 is 12.1 Å². The SMILES string of the molecule is Cc1cc(/C=N\NC(=O)c2cccnc2)c(C)n1-c1ccc(F)cc1. The van der Waals surface area contributed by atoms with Gasteiger partial charge in [0.1, 0.15) is 5.82 Å². The number of hydrazone groups is 1. The number of rotatable bonds is 4. The molecule has 0 saturated heterocycles. The first kappa shape index (κ1) is 16.6. The maximum Gasteiger partial charge on any atom is 0.272 e. The van der Waals surface area contributed by atoms with Gasteiger partial charge in [0.05, 0.1) is 11.8 Å². The van der Waals surface area contributed by atoms with Gasteiger partial charge in [-0.25, -0.2) is 9.82 Å². The Kier molecular flexibility index (Phi) is 4.70. The van der Waals surface area contributed by atoms with Gasteiger partial charge in [-0.1, -0.05) is 0 Å². The molecule has 0 aliphatic carbocycles. The number of hydrogen-bond donors (Lipinski definition) is 1. The third kappa shape index (κ3) is 3.63. The number of benzene rings is 1. The summed E-state index contributed by atoms with van der Waals surface area (Å²) in [6.07, 6.45) is 4.67. The van der Waals surface area contributed by atoms with Gasteiger partial charge < -0.3 is 4.57 Å². The van der Waals surface area contributed by atoms with Gasteiger partial charge >= 0.3 is 0 Å². The van der Waals surface area contributed by atoms with E-state index < -0.39 is 0 Å². The van der Waals surface area contributed by atoms with Gasteiger partial charge in [0, 0.05) is 35.0 Å². The third-order valence-corrected chi connectivity index (χ3v) is 3.85. The zero-order valence-electron chi connectivity index (χ0n) is 13.9. The Hall–Kier alpha value is -3.28. The topological polar surface area (TPSA) is 59.3 Å². The molecular formula is C19H17FN4O.